The molecule has 0 fully saturated rings. The maximum Gasteiger partial charge on any atom is 0.326 e. The van der Waals surface area contributed by atoms with E-state index >= 15 is 0 Å². The third-order valence-corrected chi connectivity index (χ3v) is 3.27. The highest BCUT2D eigenvalue weighted by Gasteiger charge is 2.24. The van der Waals surface area contributed by atoms with Crippen LogP contribution in [0.3, 0.4) is 0 Å². The molecule has 10 heteroatoms. The van der Waals surface area contributed by atoms with Crippen molar-refractivity contribution in [1.82, 2.24) is 10.6 Å². The third kappa shape index (κ3) is 9.06. The number of carboxylic acid groups (broad SMARTS) is 2. The van der Waals surface area contributed by atoms with Crippen LogP contribution in [0.15, 0.2) is 0 Å². The van der Waals surface area contributed by atoms with Crippen molar-refractivity contribution in [2.45, 2.75) is 57.2 Å². The Labute approximate surface area is 139 Å². The van der Waals surface area contributed by atoms with E-state index in [-0.39, 0.29) is 19.3 Å². The molecule has 0 aromatic carbocycles. The maximum absolute atomic E-state index is 11.8. The molecule has 2 amide bonds. The molecule has 138 valence electrons. The molecule has 0 spiro atoms. The topological polar surface area (TPSA) is 185 Å². The fourth-order valence-electron chi connectivity index (χ4n) is 1.85. The summed E-state index contributed by atoms with van der Waals surface area (Å²) in [5, 5.41) is 22.6. The fourth-order valence-corrected chi connectivity index (χ4v) is 1.85. The highest BCUT2D eigenvalue weighted by molar-refractivity contribution is 5.87. The molecule has 8 N–H and O–H groups in total. The lowest BCUT2D eigenvalue weighted by atomic mass is 10.1. The Balaban J connectivity index is 4.47. The van der Waals surface area contributed by atoms with Gasteiger partial charge in [-0.1, -0.05) is 0 Å². The van der Waals surface area contributed by atoms with Gasteiger partial charge in [0.15, 0.2) is 0 Å². The van der Waals surface area contributed by atoms with Gasteiger partial charge in [0.2, 0.25) is 11.8 Å². The number of carboxylic acids is 2. The van der Waals surface area contributed by atoms with Crippen molar-refractivity contribution in [3.63, 3.8) is 0 Å². The molecule has 0 saturated heterocycles. The van der Waals surface area contributed by atoms with E-state index in [1.807, 2.05) is 0 Å². The monoisotopic (exact) mass is 346 g/mol. The molecule has 10 nitrogen and oxygen atoms in total. The van der Waals surface area contributed by atoms with Gasteiger partial charge in [0, 0.05) is 6.42 Å². The summed E-state index contributed by atoms with van der Waals surface area (Å²) in [6.45, 7) is 1.83. The summed E-state index contributed by atoms with van der Waals surface area (Å²) in [6.07, 6.45) is 1.02. The van der Waals surface area contributed by atoms with Crippen LogP contribution in [0.5, 0.6) is 0 Å². The number of hydrogen-bond donors (Lipinski definition) is 6. The number of hydrogen-bond acceptors (Lipinski definition) is 6. The Kier molecular flexibility index (Phi) is 10.3. The average Bonchev–Trinajstić information content (AvgIpc) is 2.49. The molecule has 0 aliphatic carbocycles. The van der Waals surface area contributed by atoms with Crippen LogP contribution in [0.4, 0.5) is 0 Å². The molecule has 0 rings (SSSR count). The zero-order valence-electron chi connectivity index (χ0n) is 13.7. The summed E-state index contributed by atoms with van der Waals surface area (Å²) in [6, 6.07) is -3.19. The summed E-state index contributed by atoms with van der Waals surface area (Å²) < 4.78 is 0. The smallest absolute Gasteiger partial charge is 0.326 e. The number of rotatable bonds is 12. The van der Waals surface area contributed by atoms with Crippen LogP contribution in [-0.4, -0.2) is 58.6 Å². The van der Waals surface area contributed by atoms with Crippen LogP contribution in [0.2, 0.25) is 0 Å². The zero-order chi connectivity index (χ0) is 18.7. The van der Waals surface area contributed by atoms with Crippen molar-refractivity contribution in [3.05, 3.63) is 0 Å². The third-order valence-electron chi connectivity index (χ3n) is 3.27. The minimum absolute atomic E-state index is 0.172. The minimum atomic E-state index is -1.30. The molecule has 0 aromatic rings. The first kappa shape index (κ1) is 21.8. The normalized spacial score (nSPS) is 14.3. The lowest BCUT2D eigenvalue weighted by molar-refractivity contribution is -0.143. The second-order valence-electron chi connectivity index (χ2n) is 5.47. The quantitative estimate of drug-likeness (QED) is 0.228. The van der Waals surface area contributed by atoms with E-state index in [0.717, 1.165) is 0 Å². The predicted octanol–water partition coefficient (Wildman–Crippen LogP) is -1.62. The fraction of sp³-hybridized carbons (Fsp3) is 0.714. The van der Waals surface area contributed by atoms with Crippen molar-refractivity contribution in [3.8, 4) is 0 Å². The molecular formula is C14H26N4O6. The van der Waals surface area contributed by atoms with Crippen LogP contribution < -0.4 is 22.1 Å². The number of carbonyl (C=O) groups is 4. The standard InChI is InChI=1S/C14H26N4O6/c1-8(16)12(20)18-10(14(23)24)5-6-11(19)17-9(13(21)22)4-2-3-7-15/h8-10H,2-7,15-16H2,1H3,(H,17,19)(H,18,20)(H,21,22)(H,23,24)/t8-,9-,10+/m0/s1. The summed E-state index contributed by atoms with van der Waals surface area (Å²) in [7, 11) is 0. The van der Waals surface area contributed by atoms with Gasteiger partial charge in [-0.25, -0.2) is 9.59 Å². The SMILES string of the molecule is C[C@H](N)C(=O)N[C@H](CCC(=O)N[C@@H](CCCCN)C(=O)O)C(=O)O. The molecule has 0 saturated carbocycles. The lowest BCUT2D eigenvalue weighted by Gasteiger charge is -2.17. The number of unbranched alkanes of at least 4 members (excludes halogenated alkanes) is 1. The van der Waals surface area contributed by atoms with Gasteiger partial charge in [-0.15, -0.1) is 0 Å². The summed E-state index contributed by atoms with van der Waals surface area (Å²) in [5.41, 5.74) is 10.7. The summed E-state index contributed by atoms with van der Waals surface area (Å²) in [4.78, 5) is 45.4. The molecule has 0 aliphatic rings. The van der Waals surface area contributed by atoms with E-state index in [2.05, 4.69) is 10.6 Å². The Morgan fingerprint density at radius 2 is 1.50 bits per heavy atom. The number of nitrogens with two attached hydrogens (primary N) is 2. The second-order valence-corrected chi connectivity index (χ2v) is 5.47. The molecule has 0 radical (unpaired) electrons. The lowest BCUT2D eigenvalue weighted by Crippen LogP contribution is -2.48. The Morgan fingerprint density at radius 3 is 1.96 bits per heavy atom. The van der Waals surface area contributed by atoms with E-state index in [1.54, 1.807) is 0 Å². The van der Waals surface area contributed by atoms with Gasteiger partial charge >= 0.3 is 11.9 Å². The molecular weight excluding hydrogens is 320 g/mol. The molecule has 0 aromatic heterocycles. The van der Waals surface area contributed by atoms with Crippen LogP contribution >= 0.6 is 0 Å². The first-order valence-corrected chi connectivity index (χ1v) is 7.70. The van der Waals surface area contributed by atoms with Gasteiger partial charge in [-0.3, -0.25) is 9.59 Å². The Hall–Kier alpha value is -2.20. The van der Waals surface area contributed by atoms with Gasteiger partial charge < -0.3 is 32.3 Å². The van der Waals surface area contributed by atoms with Crippen molar-refractivity contribution < 1.29 is 29.4 Å². The molecule has 0 bridgehead atoms. The van der Waals surface area contributed by atoms with Crippen LogP contribution in [-0.2, 0) is 19.2 Å². The van der Waals surface area contributed by atoms with Gasteiger partial charge in [0.25, 0.3) is 0 Å². The number of carbonyl (C=O) groups excluding carboxylic acids is 2. The van der Waals surface area contributed by atoms with E-state index < -0.39 is 41.9 Å². The number of aliphatic carboxylic acids is 2. The van der Waals surface area contributed by atoms with E-state index in [4.69, 9.17) is 21.7 Å². The predicted molar refractivity (Wildman–Crippen MR) is 84.9 cm³/mol. The van der Waals surface area contributed by atoms with Gasteiger partial charge in [-0.2, -0.15) is 0 Å². The summed E-state index contributed by atoms with van der Waals surface area (Å²) >= 11 is 0. The van der Waals surface area contributed by atoms with Crippen LogP contribution in [0, 0.1) is 0 Å². The molecule has 24 heavy (non-hydrogen) atoms. The van der Waals surface area contributed by atoms with Crippen molar-refractivity contribution in [2.75, 3.05) is 6.54 Å². The van der Waals surface area contributed by atoms with Gasteiger partial charge in [0.05, 0.1) is 6.04 Å². The van der Waals surface area contributed by atoms with Crippen LogP contribution in [0.1, 0.15) is 39.0 Å². The Bertz CT molecular complexity index is 455. The Morgan fingerprint density at radius 1 is 0.958 bits per heavy atom. The average molecular weight is 346 g/mol. The minimum Gasteiger partial charge on any atom is -0.480 e. The molecule has 0 heterocycles. The number of nitrogens with one attached hydrogen (secondary N) is 2. The first-order valence-electron chi connectivity index (χ1n) is 7.70. The van der Waals surface area contributed by atoms with Crippen LogP contribution in [0.25, 0.3) is 0 Å². The molecule has 0 unspecified atom stereocenters. The van der Waals surface area contributed by atoms with Crippen molar-refractivity contribution in [2.24, 2.45) is 11.5 Å². The van der Waals surface area contributed by atoms with E-state index in [9.17, 15) is 19.2 Å². The largest absolute Gasteiger partial charge is 0.480 e. The zero-order valence-corrected chi connectivity index (χ0v) is 13.7. The second kappa shape index (κ2) is 11.4. The molecule has 0 aliphatic heterocycles. The maximum atomic E-state index is 11.8. The van der Waals surface area contributed by atoms with Gasteiger partial charge in [0.1, 0.15) is 12.1 Å². The highest BCUT2D eigenvalue weighted by atomic mass is 16.4. The van der Waals surface area contributed by atoms with E-state index in [0.29, 0.717) is 19.4 Å². The van der Waals surface area contributed by atoms with Gasteiger partial charge in [-0.05, 0) is 39.2 Å². The number of amides is 2. The van der Waals surface area contributed by atoms with Crippen molar-refractivity contribution >= 4 is 23.8 Å². The first-order chi connectivity index (χ1) is 11.2. The molecule has 3 atom stereocenters. The van der Waals surface area contributed by atoms with E-state index in [1.165, 1.54) is 6.92 Å². The van der Waals surface area contributed by atoms with Crippen molar-refractivity contribution in [1.29, 1.82) is 0 Å². The summed E-state index contributed by atoms with van der Waals surface area (Å²) in [5.74, 6) is -3.71. The highest BCUT2D eigenvalue weighted by Crippen LogP contribution is 2.04.